The van der Waals surface area contributed by atoms with Gasteiger partial charge in [-0.25, -0.2) is 0 Å². The first-order valence-electron chi connectivity index (χ1n) is 6.12. The molecule has 0 unspecified atom stereocenters. The Kier molecular flexibility index (Phi) is 2.43. The third kappa shape index (κ3) is 1.62. The molecule has 2 aliphatic rings. The number of carbonyl (C=O) groups is 1. The van der Waals surface area contributed by atoms with Gasteiger partial charge in [0, 0.05) is 17.5 Å². The summed E-state index contributed by atoms with van der Waals surface area (Å²) in [6.07, 6.45) is 5.45. The standard InChI is InChI=1S/C14H16O2/c15-13-8-7-12-11(13)5-2-6-14(12)16-9-10-3-1-4-10/h2,5-6,10H,1,3-4,7-9H2. The number of hydrogen-bond donors (Lipinski definition) is 0. The number of Topliss-reactive ketones (excluding diaryl/α,β-unsaturated/α-hetero) is 1. The van der Waals surface area contributed by atoms with E-state index in [4.69, 9.17) is 4.74 Å². The molecule has 84 valence electrons. The maximum absolute atomic E-state index is 11.6. The molecule has 0 radical (unpaired) electrons. The molecule has 0 saturated heterocycles. The lowest BCUT2D eigenvalue weighted by atomic mass is 9.86. The normalized spacial score (nSPS) is 19.4. The van der Waals surface area contributed by atoms with Crippen molar-refractivity contribution in [3.63, 3.8) is 0 Å². The van der Waals surface area contributed by atoms with Gasteiger partial charge in [0.1, 0.15) is 5.75 Å². The summed E-state index contributed by atoms with van der Waals surface area (Å²) in [7, 11) is 0. The summed E-state index contributed by atoms with van der Waals surface area (Å²) < 4.78 is 5.85. The van der Waals surface area contributed by atoms with E-state index in [2.05, 4.69) is 0 Å². The highest BCUT2D eigenvalue weighted by Crippen LogP contribution is 2.32. The van der Waals surface area contributed by atoms with Crippen LogP contribution in [-0.2, 0) is 6.42 Å². The summed E-state index contributed by atoms with van der Waals surface area (Å²) in [5, 5.41) is 0. The van der Waals surface area contributed by atoms with E-state index in [-0.39, 0.29) is 5.78 Å². The second kappa shape index (κ2) is 3.93. The van der Waals surface area contributed by atoms with E-state index in [1.807, 2.05) is 18.2 Å². The molecular weight excluding hydrogens is 200 g/mol. The van der Waals surface area contributed by atoms with Crippen molar-refractivity contribution in [1.82, 2.24) is 0 Å². The van der Waals surface area contributed by atoms with Crippen LogP contribution < -0.4 is 4.74 Å². The average molecular weight is 216 g/mol. The number of ketones is 1. The molecule has 1 saturated carbocycles. The van der Waals surface area contributed by atoms with Crippen LogP contribution in [0.4, 0.5) is 0 Å². The molecule has 2 heteroatoms. The summed E-state index contributed by atoms with van der Waals surface area (Å²) in [6.45, 7) is 0.824. The Morgan fingerprint density at radius 2 is 2.12 bits per heavy atom. The quantitative estimate of drug-likeness (QED) is 0.776. The fourth-order valence-electron chi connectivity index (χ4n) is 2.46. The zero-order chi connectivity index (χ0) is 11.0. The maximum Gasteiger partial charge on any atom is 0.163 e. The molecule has 2 nitrogen and oxygen atoms in total. The fraction of sp³-hybridized carbons (Fsp3) is 0.500. The van der Waals surface area contributed by atoms with Crippen molar-refractivity contribution in [2.75, 3.05) is 6.61 Å². The summed E-state index contributed by atoms with van der Waals surface area (Å²) in [4.78, 5) is 11.6. The van der Waals surface area contributed by atoms with Crippen LogP contribution in [0.15, 0.2) is 18.2 Å². The van der Waals surface area contributed by atoms with Gasteiger partial charge in [-0.3, -0.25) is 4.79 Å². The van der Waals surface area contributed by atoms with Gasteiger partial charge in [0.2, 0.25) is 0 Å². The minimum absolute atomic E-state index is 0.268. The molecule has 1 fully saturated rings. The lowest BCUT2D eigenvalue weighted by molar-refractivity contribution is 0.0994. The molecule has 0 amide bonds. The van der Waals surface area contributed by atoms with Gasteiger partial charge in [0.05, 0.1) is 6.61 Å². The van der Waals surface area contributed by atoms with Crippen molar-refractivity contribution in [2.24, 2.45) is 5.92 Å². The van der Waals surface area contributed by atoms with E-state index >= 15 is 0 Å². The molecule has 0 aliphatic heterocycles. The maximum atomic E-state index is 11.6. The molecule has 0 spiro atoms. The third-order valence-corrected chi connectivity index (χ3v) is 3.73. The molecular formula is C14H16O2. The minimum atomic E-state index is 0.268. The van der Waals surface area contributed by atoms with Crippen LogP contribution in [0.25, 0.3) is 0 Å². The first kappa shape index (κ1) is 9.88. The summed E-state index contributed by atoms with van der Waals surface area (Å²) >= 11 is 0. The van der Waals surface area contributed by atoms with Crippen LogP contribution in [0, 0.1) is 5.92 Å². The molecule has 1 aromatic carbocycles. The van der Waals surface area contributed by atoms with Gasteiger partial charge < -0.3 is 4.74 Å². The van der Waals surface area contributed by atoms with E-state index in [9.17, 15) is 4.79 Å². The van der Waals surface area contributed by atoms with Gasteiger partial charge >= 0.3 is 0 Å². The van der Waals surface area contributed by atoms with Gasteiger partial charge in [-0.2, -0.15) is 0 Å². The van der Waals surface area contributed by atoms with Gasteiger partial charge in [-0.05, 0) is 31.2 Å². The fourth-order valence-corrected chi connectivity index (χ4v) is 2.46. The van der Waals surface area contributed by atoms with Gasteiger partial charge in [-0.1, -0.05) is 18.6 Å². The Hall–Kier alpha value is -1.31. The van der Waals surface area contributed by atoms with Crippen LogP contribution >= 0.6 is 0 Å². The van der Waals surface area contributed by atoms with Crippen LogP contribution in [-0.4, -0.2) is 12.4 Å². The molecule has 0 N–H and O–H groups in total. The SMILES string of the molecule is O=C1CCc2c(OCC3CCC3)cccc21. The van der Waals surface area contributed by atoms with Crippen LogP contribution in [0.2, 0.25) is 0 Å². The number of fused-ring (bicyclic) bond motifs is 1. The van der Waals surface area contributed by atoms with Crippen LogP contribution in [0.3, 0.4) is 0 Å². The predicted molar refractivity (Wildman–Crippen MR) is 61.9 cm³/mol. The van der Waals surface area contributed by atoms with Crippen molar-refractivity contribution < 1.29 is 9.53 Å². The molecule has 3 rings (SSSR count). The molecule has 16 heavy (non-hydrogen) atoms. The van der Waals surface area contributed by atoms with Gasteiger partial charge in [0.25, 0.3) is 0 Å². The lowest BCUT2D eigenvalue weighted by Crippen LogP contribution is -2.19. The van der Waals surface area contributed by atoms with E-state index < -0.39 is 0 Å². The zero-order valence-corrected chi connectivity index (χ0v) is 9.37. The molecule has 2 aliphatic carbocycles. The number of benzene rings is 1. The number of carbonyl (C=O) groups excluding carboxylic acids is 1. The Morgan fingerprint density at radius 3 is 2.88 bits per heavy atom. The van der Waals surface area contributed by atoms with Gasteiger partial charge in [-0.15, -0.1) is 0 Å². The number of rotatable bonds is 3. The van der Waals surface area contributed by atoms with Crippen LogP contribution in [0.5, 0.6) is 5.75 Å². The zero-order valence-electron chi connectivity index (χ0n) is 9.37. The Bertz CT molecular complexity index is 419. The van der Waals surface area contributed by atoms with Crippen LogP contribution in [0.1, 0.15) is 41.6 Å². The Balaban J connectivity index is 1.76. The molecule has 0 bridgehead atoms. The topological polar surface area (TPSA) is 26.3 Å². The van der Waals surface area contributed by atoms with Crippen molar-refractivity contribution in [2.45, 2.75) is 32.1 Å². The number of hydrogen-bond acceptors (Lipinski definition) is 2. The Morgan fingerprint density at radius 1 is 1.25 bits per heavy atom. The second-order valence-corrected chi connectivity index (χ2v) is 4.81. The lowest BCUT2D eigenvalue weighted by Gasteiger charge is -2.25. The molecule has 0 atom stereocenters. The summed E-state index contributed by atoms with van der Waals surface area (Å²) in [6, 6.07) is 5.84. The molecule has 0 aromatic heterocycles. The largest absolute Gasteiger partial charge is 0.493 e. The smallest absolute Gasteiger partial charge is 0.163 e. The highest BCUT2D eigenvalue weighted by molar-refractivity contribution is 6.01. The first-order valence-corrected chi connectivity index (χ1v) is 6.12. The van der Waals surface area contributed by atoms with E-state index in [0.717, 1.165) is 35.8 Å². The monoisotopic (exact) mass is 216 g/mol. The Labute approximate surface area is 95.6 Å². The van der Waals surface area contributed by atoms with E-state index in [1.165, 1.54) is 19.3 Å². The molecule has 1 aromatic rings. The minimum Gasteiger partial charge on any atom is -0.493 e. The average Bonchev–Trinajstić information content (AvgIpc) is 2.60. The van der Waals surface area contributed by atoms with E-state index in [1.54, 1.807) is 0 Å². The predicted octanol–water partition coefficient (Wildman–Crippen LogP) is 2.99. The first-order chi connectivity index (χ1) is 7.84. The van der Waals surface area contributed by atoms with Crippen molar-refractivity contribution in [3.05, 3.63) is 29.3 Å². The molecule has 0 heterocycles. The third-order valence-electron chi connectivity index (χ3n) is 3.73. The van der Waals surface area contributed by atoms with E-state index in [0.29, 0.717) is 6.42 Å². The summed E-state index contributed by atoms with van der Waals surface area (Å²) in [5.74, 6) is 1.95. The highest BCUT2D eigenvalue weighted by atomic mass is 16.5. The second-order valence-electron chi connectivity index (χ2n) is 4.81. The highest BCUT2D eigenvalue weighted by Gasteiger charge is 2.24. The summed E-state index contributed by atoms with van der Waals surface area (Å²) in [5.41, 5.74) is 2.01. The van der Waals surface area contributed by atoms with Crippen molar-refractivity contribution in [3.8, 4) is 5.75 Å². The van der Waals surface area contributed by atoms with Crippen molar-refractivity contribution in [1.29, 1.82) is 0 Å². The van der Waals surface area contributed by atoms with Gasteiger partial charge in [0.15, 0.2) is 5.78 Å². The number of ether oxygens (including phenoxy) is 1. The van der Waals surface area contributed by atoms with Crippen molar-refractivity contribution >= 4 is 5.78 Å².